The van der Waals surface area contributed by atoms with Gasteiger partial charge in [0.25, 0.3) is 0 Å². The summed E-state index contributed by atoms with van der Waals surface area (Å²) in [6, 6.07) is 9.56. The molecular formula is C13H8BrCl2FO. The van der Waals surface area contributed by atoms with Crippen LogP contribution in [0.15, 0.2) is 36.4 Å². The van der Waals surface area contributed by atoms with Gasteiger partial charge in [0.15, 0.2) is 0 Å². The molecule has 2 aromatic rings. The summed E-state index contributed by atoms with van der Waals surface area (Å²) in [6.45, 7) is 0. The first-order valence-electron chi connectivity index (χ1n) is 5.07. The van der Waals surface area contributed by atoms with E-state index in [1.807, 2.05) is 0 Å². The van der Waals surface area contributed by atoms with Gasteiger partial charge >= 0.3 is 0 Å². The van der Waals surface area contributed by atoms with Crippen LogP contribution in [0.4, 0.5) is 4.39 Å². The van der Waals surface area contributed by atoms with Gasteiger partial charge in [-0.15, -0.1) is 0 Å². The van der Waals surface area contributed by atoms with Crippen molar-refractivity contribution in [3.05, 3.63) is 57.8 Å². The Morgan fingerprint density at radius 2 is 1.89 bits per heavy atom. The van der Waals surface area contributed by atoms with E-state index in [2.05, 4.69) is 15.9 Å². The Bertz CT molecular complexity index is 575. The number of ether oxygens (including phenoxy) is 1. The number of halogens is 4. The van der Waals surface area contributed by atoms with Crippen molar-refractivity contribution >= 4 is 39.1 Å². The molecule has 0 aromatic heterocycles. The first-order valence-corrected chi connectivity index (χ1v) is 6.95. The van der Waals surface area contributed by atoms with Crippen molar-refractivity contribution in [3.63, 3.8) is 0 Å². The number of hydrogen-bond acceptors (Lipinski definition) is 1. The van der Waals surface area contributed by atoms with Crippen LogP contribution < -0.4 is 4.74 Å². The zero-order chi connectivity index (χ0) is 13.1. The van der Waals surface area contributed by atoms with Crippen LogP contribution in [0.5, 0.6) is 11.5 Å². The lowest BCUT2D eigenvalue weighted by molar-refractivity contribution is 0.473. The molecule has 0 saturated carbocycles. The van der Waals surface area contributed by atoms with E-state index in [4.69, 9.17) is 27.9 Å². The smallest absolute Gasteiger partial charge is 0.145 e. The van der Waals surface area contributed by atoms with E-state index in [0.717, 1.165) is 5.56 Å². The summed E-state index contributed by atoms with van der Waals surface area (Å²) in [4.78, 5) is 0. The van der Waals surface area contributed by atoms with Gasteiger partial charge in [0.2, 0.25) is 0 Å². The number of alkyl halides is 1. The summed E-state index contributed by atoms with van der Waals surface area (Å²) in [5.41, 5.74) is 0.887. The summed E-state index contributed by atoms with van der Waals surface area (Å²) in [6.07, 6.45) is 0. The second kappa shape index (κ2) is 5.91. The molecule has 0 unspecified atom stereocenters. The Morgan fingerprint density at radius 3 is 2.56 bits per heavy atom. The van der Waals surface area contributed by atoms with E-state index < -0.39 is 5.82 Å². The molecule has 0 heterocycles. The second-order valence-corrected chi connectivity index (χ2v) is 4.97. The fourth-order valence-electron chi connectivity index (χ4n) is 1.42. The van der Waals surface area contributed by atoms with Crippen LogP contribution in [0.1, 0.15) is 5.56 Å². The zero-order valence-electron chi connectivity index (χ0n) is 9.09. The molecule has 0 fully saturated rings. The predicted octanol–water partition coefficient (Wildman–Crippen LogP) is 5.82. The van der Waals surface area contributed by atoms with Gasteiger partial charge in [0.05, 0.1) is 5.02 Å². The van der Waals surface area contributed by atoms with Gasteiger partial charge in [0, 0.05) is 22.0 Å². The summed E-state index contributed by atoms with van der Waals surface area (Å²) >= 11 is 14.8. The first-order chi connectivity index (χ1) is 8.60. The van der Waals surface area contributed by atoms with Crippen LogP contribution in [-0.2, 0) is 5.33 Å². The van der Waals surface area contributed by atoms with Crippen molar-refractivity contribution in [3.8, 4) is 11.5 Å². The number of rotatable bonds is 3. The van der Waals surface area contributed by atoms with Gasteiger partial charge in [-0.05, 0) is 30.3 Å². The minimum atomic E-state index is -0.511. The van der Waals surface area contributed by atoms with E-state index >= 15 is 0 Å². The third kappa shape index (κ3) is 3.16. The first kappa shape index (κ1) is 13.7. The summed E-state index contributed by atoms with van der Waals surface area (Å²) in [7, 11) is 0. The minimum absolute atomic E-state index is 0.0687. The molecule has 0 amide bonds. The summed E-state index contributed by atoms with van der Waals surface area (Å²) < 4.78 is 18.9. The molecule has 0 aliphatic rings. The fraction of sp³-hybridized carbons (Fsp3) is 0.0769. The molecule has 18 heavy (non-hydrogen) atoms. The molecule has 0 spiro atoms. The zero-order valence-corrected chi connectivity index (χ0v) is 12.2. The van der Waals surface area contributed by atoms with Gasteiger partial charge in [-0.1, -0.05) is 39.1 Å². The van der Waals surface area contributed by atoms with Crippen molar-refractivity contribution < 1.29 is 9.13 Å². The molecule has 5 heteroatoms. The van der Waals surface area contributed by atoms with Crippen LogP contribution >= 0.6 is 39.1 Å². The van der Waals surface area contributed by atoms with Crippen LogP contribution in [0, 0.1) is 5.82 Å². The second-order valence-electron chi connectivity index (χ2n) is 3.56. The van der Waals surface area contributed by atoms with Crippen molar-refractivity contribution in [1.29, 1.82) is 0 Å². The third-order valence-corrected chi connectivity index (χ3v) is 3.43. The quantitative estimate of drug-likeness (QED) is 0.634. The number of benzene rings is 2. The highest BCUT2D eigenvalue weighted by Gasteiger charge is 2.07. The molecule has 0 atom stereocenters. The molecule has 0 N–H and O–H groups in total. The van der Waals surface area contributed by atoms with Crippen LogP contribution in [0.2, 0.25) is 10.0 Å². The topological polar surface area (TPSA) is 9.23 Å². The Balaban J connectivity index is 2.30. The maximum Gasteiger partial charge on any atom is 0.145 e. The molecular weight excluding hydrogens is 342 g/mol. The third-order valence-electron chi connectivity index (χ3n) is 2.29. The number of hydrogen-bond donors (Lipinski definition) is 0. The van der Waals surface area contributed by atoms with Crippen molar-refractivity contribution in [2.24, 2.45) is 0 Å². The van der Waals surface area contributed by atoms with Crippen LogP contribution in [-0.4, -0.2) is 0 Å². The molecule has 94 valence electrons. The van der Waals surface area contributed by atoms with Gasteiger partial charge in [0.1, 0.15) is 17.3 Å². The average Bonchev–Trinajstić information content (AvgIpc) is 2.36. The maximum absolute atomic E-state index is 13.3. The Kier molecular flexibility index (Phi) is 4.49. The molecule has 0 aliphatic heterocycles. The van der Waals surface area contributed by atoms with E-state index in [9.17, 15) is 4.39 Å². The molecule has 0 bridgehead atoms. The molecule has 2 aromatic carbocycles. The van der Waals surface area contributed by atoms with E-state index in [1.165, 1.54) is 12.1 Å². The van der Waals surface area contributed by atoms with E-state index in [1.54, 1.807) is 24.3 Å². The standard InChI is InChI=1S/C13H8BrCl2FO/c14-7-8-5-9(15)1-4-13(8)18-10-2-3-11(16)12(17)6-10/h1-6H,7H2. The SMILES string of the molecule is Fc1cc(Oc2ccc(Cl)cc2CBr)ccc1Cl. The summed E-state index contributed by atoms with van der Waals surface area (Å²) in [5.74, 6) is 0.503. The Morgan fingerprint density at radius 1 is 1.11 bits per heavy atom. The lowest BCUT2D eigenvalue weighted by atomic mass is 10.2. The molecule has 2 rings (SSSR count). The monoisotopic (exact) mass is 348 g/mol. The Labute approximate surface area is 123 Å². The van der Waals surface area contributed by atoms with E-state index in [-0.39, 0.29) is 5.02 Å². The van der Waals surface area contributed by atoms with E-state index in [0.29, 0.717) is 21.9 Å². The van der Waals surface area contributed by atoms with Crippen LogP contribution in [0.25, 0.3) is 0 Å². The average molecular weight is 350 g/mol. The molecule has 0 radical (unpaired) electrons. The molecule has 0 saturated heterocycles. The highest BCUT2D eigenvalue weighted by molar-refractivity contribution is 9.08. The maximum atomic E-state index is 13.3. The lowest BCUT2D eigenvalue weighted by Gasteiger charge is -2.10. The van der Waals surface area contributed by atoms with Gasteiger partial charge in [-0.2, -0.15) is 0 Å². The largest absolute Gasteiger partial charge is 0.457 e. The Hall–Kier alpha value is -0.770. The van der Waals surface area contributed by atoms with Crippen molar-refractivity contribution in [2.75, 3.05) is 0 Å². The van der Waals surface area contributed by atoms with Crippen molar-refractivity contribution in [1.82, 2.24) is 0 Å². The summed E-state index contributed by atoms with van der Waals surface area (Å²) in [5, 5.41) is 1.29. The highest BCUT2D eigenvalue weighted by Crippen LogP contribution is 2.30. The van der Waals surface area contributed by atoms with Gasteiger partial charge < -0.3 is 4.74 Å². The molecule has 0 aliphatic carbocycles. The fourth-order valence-corrected chi connectivity index (χ4v) is 2.17. The molecule has 1 nitrogen and oxygen atoms in total. The van der Waals surface area contributed by atoms with Crippen molar-refractivity contribution in [2.45, 2.75) is 5.33 Å². The highest BCUT2D eigenvalue weighted by atomic mass is 79.9. The minimum Gasteiger partial charge on any atom is -0.457 e. The van der Waals surface area contributed by atoms with Gasteiger partial charge in [-0.3, -0.25) is 0 Å². The van der Waals surface area contributed by atoms with Crippen LogP contribution in [0.3, 0.4) is 0 Å². The predicted molar refractivity (Wildman–Crippen MR) is 75.6 cm³/mol. The lowest BCUT2D eigenvalue weighted by Crippen LogP contribution is -1.90. The normalized spacial score (nSPS) is 10.4. The van der Waals surface area contributed by atoms with Gasteiger partial charge in [-0.25, -0.2) is 4.39 Å².